The first-order valence-corrected chi connectivity index (χ1v) is 8.58. The molecule has 1 fully saturated rings. The number of nitrogen functional groups attached to an aromatic ring is 1. The smallest absolute Gasteiger partial charge is 0.238 e. The molecule has 0 heterocycles. The maximum atomic E-state index is 11.7. The van der Waals surface area contributed by atoms with E-state index in [1.54, 1.807) is 6.92 Å². The molecule has 5 nitrogen and oxygen atoms in total. The van der Waals surface area contributed by atoms with E-state index in [1.165, 1.54) is 6.07 Å². The number of nitrogens with zero attached hydrogens (tertiary/aromatic N) is 1. The number of anilines is 2. The number of rotatable bonds is 6. The lowest BCUT2D eigenvalue weighted by atomic mass is 10.1. The average molecular weight is 297 g/mol. The number of unbranched alkanes of at least 4 members (excludes halogenated alkanes) is 1. The summed E-state index contributed by atoms with van der Waals surface area (Å²) in [6, 6.07) is 3.81. The van der Waals surface area contributed by atoms with E-state index in [-0.39, 0.29) is 4.90 Å². The van der Waals surface area contributed by atoms with Gasteiger partial charge in [0.05, 0.1) is 4.90 Å². The van der Waals surface area contributed by atoms with Gasteiger partial charge in [-0.1, -0.05) is 13.3 Å². The Morgan fingerprint density at radius 1 is 1.35 bits per heavy atom. The first-order valence-electron chi connectivity index (χ1n) is 7.04. The Kier molecular flexibility index (Phi) is 4.25. The number of primary sulfonamides is 1. The highest BCUT2D eigenvalue weighted by Gasteiger charge is 2.31. The maximum absolute atomic E-state index is 11.7. The van der Waals surface area contributed by atoms with Crippen molar-refractivity contribution in [2.45, 2.75) is 50.5 Å². The Morgan fingerprint density at radius 2 is 2.00 bits per heavy atom. The van der Waals surface area contributed by atoms with E-state index >= 15 is 0 Å². The largest absolute Gasteiger partial charge is 0.399 e. The Labute approximate surface area is 121 Å². The van der Waals surface area contributed by atoms with Gasteiger partial charge in [0.1, 0.15) is 0 Å². The van der Waals surface area contributed by atoms with Crippen molar-refractivity contribution in [3.8, 4) is 0 Å². The highest BCUT2D eigenvalue weighted by atomic mass is 32.2. The van der Waals surface area contributed by atoms with E-state index in [0.29, 0.717) is 17.3 Å². The molecule has 0 atom stereocenters. The molecule has 4 N–H and O–H groups in total. The minimum absolute atomic E-state index is 0.134. The fraction of sp³-hybridized carbons (Fsp3) is 0.571. The van der Waals surface area contributed by atoms with E-state index in [9.17, 15) is 8.42 Å². The number of hydrogen-bond acceptors (Lipinski definition) is 4. The molecule has 0 spiro atoms. The Hall–Kier alpha value is -1.27. The maximum Gasteiger partial charge on any atom is 0.238 e. The molecule has 0 aliphatic heterocycles. The second kappa shape index (κ2) is 5.61. The van der Waals surface area contributed by atoms with E-state index in [0.717, 1.165) is 37.9 Å². The van der Waals surface area contributed by atoms with Gasteiger partial charge in [0.2, 0.25) is 10.0 Å². The van der Waals surface area contributed by atoms with Crippen molar-refractivity contribution in [1.82, 2.24) is 0 Å². The van der Waals surface area contributed by atoms with Gasteiger partial charge in [-0.2, -0.15) is 0 Å². The molecule has 1 aliphatic rings. The standard InChI is InChI=1S/C14H23N3O2S/c1-3-4-7-17(12-5-6-12)13-8-11(15)9-14(10(13)2)20(16,18)19/h8-9,12H,3-7,15H2,1-2H3,(H2,16,18,19). The summed E-state index contributed by atoms with van der Waals surface area (Å²) in [5.74, 6) is 0. The summed E-state index contributed by atoms with van der Waals surface area (Å²) in [5, 5.41) is 5.29. The van der Waals surface area contributed by atoms with E-state index in [2.05, 4.69) is 11.8 Å². The van der Waals surface area contributed by atoms with Gasteiger partial charge in [-0.25, -0.2) is 13.6 Å². The van der Waals surface area contributed by atoms with Crippen LogP contribution >= 0.6 is 0 Å². The van der Waals surface area contributed by atoms with Crippen LogP contribution in [0.3, 0.4) is 0 Å². The van der Waals surface area contributed by atoms with Crippen molar-refractivity contribution in [3.05, 3.63) is 17.7 Å². The van der Waals surface area contributed by atoms with Crippen LogP contribution in [0.5, 0.6) is 0 Å². The van der Waals surface area contributed by atoms with Crippen LogP contribution in [0.25, 0.3) is 0 Å². The fourth-order valence-electron chi connectivity index (χ4n) is 2.50. The number of benzene rings is 1. The van der Waals surface area contributed by atoms with Crippen molar-refractivity contribution < 1.29 is 8.42 Å². The molecule has 0 saturated heterocycles. The second-order valence-corrected chi connectivity index (χ2v) is 7.02. The molecule has 0 aromatic heterocycles. The summed E-state index contributed by atoms with van der Waals surface area (Å²) in [4.78, 5) is 2.42. The predicted octanol–water partition coefficient (Wildman–Crippen LogP) is 1.99. The molecular weight excluding hydrogens is 274 g/mol. The van der Waals surface area contributed by atoms with Gasteiger partial charge in [0.25, 0.3) is 0 Å². The normalized spacial score (nSPS) is 15.3. The summed E-state index contributed by atoms with van der Waals surface area (Å²) in [5.41, 5.74) is 7.91. The summed E-state index contributed by atoms with van der Waals surface area (Å²) in [7, 11) is -3.74. The second-order valence-electron chi connectivity index (χ2n) is 5.49. The zero-order valence-corrected chi connectivity index (χ0v) is 12.9. The number of hydrogen-bond donors (Lipinski definition) is 2. The molecule has 0 radical (unpaired) electrons. The third kappa shape index (κ3) is 3.24. The van der Waals surface area contributed by atoms with Crippen LogP contribution in [0.4, 0.5) is 11.4 Å². The minimum atomic E-state index is -3.74. The Bertz CT molecular complexity index is 595. The lowest BCUT2D eigenvalue weighted by Gasteiger charge is -2.27. The minimum Gasteiger partial charge on any atom is -0.399 e. The third-order valence-electron chi connectivity index (χ3n) is 3.71. The molecule has 1 aliphatic carbocycles. The quantitative estimate of drug-likeness (QED) is 0.786. The van der Waals surface area contributed by atoms with Crippen molar-refractivity contribution >= 4 is 21.4 Å². The summed E-state index contributed by atoms with van der Waals surface area (Å²) in [6.45, 7) is 4.87. The van der Waals surface area contributed by atoms with Crippen molar-refractivity contribution in [1.29, 1.82) is 0 Å². The van der Waals surface area contributed by atoms with Gasteiger partial charge in [-0.15, -0.1) is 0 Å². The van der Waals surface area contributed by atoms with Crippen LogP contribution in [-0.2, 0) is 10.0 Å². The molecule has 0 bridgehead atoms. The molecule has 112 valence electrons. The zero-order chi connectivity index (χ0) is 14.9. The van der Waals surface area contributed by atoms with Gasteiger partial charge in [-0.05, 0) is 43.9 Å². The van der Waals surface area contributed by atoms with E-state index < -0.39 is 10.0 Å². The first kappa shape index (κ1) is 15.1. The first-order chi connectivity index (χ1) is 9.34. The van der Waals surface area contributed by atoms with Crippen LogP contribution in [0.15, 0.2) is 17.0 Å². The molecule has 1 aromatic rings. The van der Waals surface area contributed by atoms with Crippen LogP contribution < -0.4 is 15.8 Å². The van der Waals surface area contributed by atoms with Crippen LogP contribution in [0.2, 0.25) is 0 Å². The Morgan fingerprint density at radius 3 is 2.50 bits per heavy atom. The van der Waals surface area contributed by atoms with Gasteiger partial charge in [-0.3, -0.25) is 0 Å². The van der Waals surface area contributed by atoms with Gasteiger partial charge in [0.15, 0.2) is 0 Å². The molecule has 20 heavy (non-hydrogen) atoms. The molecular formula is C14H23N3O2S. The number of sulfonamides is 1. The topological polar surface area (TPSA) is 89.4 Å². The predicted molar refractivity (Wildman–Crippen MR) is 82.2 cm³/mol. The van der Waals surface area contributed by atoms with Crippen LogP contribution in [0.1, 0.15) is 38.2 Å². The summed E-state index contributed by atoms with van der Waals surface area (Å²) < 4.78 is 23.4. The molecule has 1 saturated carbocycles. The van der Waals surface area contributed by atoms with Crippen molar-refractivity contribution in [2.24, 2.45) is 5.14 Å². The van der Waals surface area contributed by atoms with Gasteiger partial charge in [0, 0.05) is 24.0 Å². The zero-order valence-electron chi connectivity index (χ0n) is 12.1. The lowest BCUT2D eigenvalue weighted by molar-refractivity contribution is 0.597. The SMILES string of the molecule is CCCCN(c1cc(N)cc(S(N)(=O)=O)c1C)C1CC1. The lowest BCUT2D eigenvalue weighted by Crippen LogP contribution is -2.28. The van der Waals surface area contributed by atoms with Crippen LogP contribution in [-0.4, -0.2) is 21.0 Å². The number of nitrogens with two attached hydrogens (primary N) is 2. The molecule has 1 aromatic carbocycles. The van der Waals surface area contributed by atoms with Crippen molar-refractivity contribution in [2.75, 3.05) is 17.2 Å². The van der Waals surface area contributed by atoms with Crippen LogP contribution in [0, 0.1) is 6.92 Å². The average Bonchev–Trinajstić information content (AvgIpc) is 3.16. The summed E-state index contributed by atoms with van der Waals surface area (Å²) in [6.07, 6.45) is 4.49. The highest BCUT2D eigenvalue weighted by Crippen LogP contribution is 2.36. The molecule has 2 rings (SSSR count). The molecule has 0 unspecified atom stereocenters. The van der Waals surface area contributed by atoms with E-state index in [1.807, 2.05) is 6.07 Å². The van der Waals surface area contributed by atoms with Gasteiger partial charge >= 0.3 is 0 Å². The van der Waals surface area contributed by atoms with Gasteiger partial charge < -0.3 is 10.6 Å². The monoisotopic (exact) mass is 297 g/mol. The molecule has 0 amide bonds. The van der Waals surface area contributed by atoms with E-state index in [4.69, 9.17) is 10.9 Å². The van der Waals surface area contributed by atoms with Crippen molar-refractivity contribution in [3.63, 3.8) is 0 Å². The third-order valence-corrected chi connectivity index (χ3v) is 4.75. The summed E-state index contributed by atoms with van der Waals surface area (Å²) >= 11 is 0. The molecule has 6 heteroatoms. The highest BCUT2D eigenvalue weighted by molar-refractivity contribution is 7.89. The Balaban J connectivity index is 2.46. The fourth-order valence-corrected chi connectivity index (χ4v) is 3.33.